The summed E-state index contributed by atoms with van der Waals surface area (Å²) in [6, 6.07) is 18.9. The molecule has 1 aliphatic rings. The van der Waals surface area contributed by atoms with Gasteiger partial charge in [-0.25, -0.2) is 4.79 Å². The maximum absolute atomic E-state index is 12.4. The van der Waals surface area contributed by atoms with Crippen LogP contribution in [0.15, 0.2) is 80.9 Å². The first kappa shape index (κ1) is 18.6. The molecule has 0 saturated heterocycles. The Hall–Kier alpha value is -4.46. The van der Waals surface area contributed by atoms with Crippen molar-refractivity contribution in [2.24, 2.45) is 4.99 Å². The molecule has 31 heavy (non-hydrogen) atoms. The largest absolute Gasteiger partial charge is 0.454 e. The van der Waals surface area contributed by atoms with Crippen molar-refractivity contribution in [2.75, 3.05) is 6.79 Å². The van der Waals surface area contributed by atoms with Gasteiger partial charge in [-0.2, -0.15) is 0 Å². The summed E-state index contributed by atoms with van der Waals surface area (Å²) in [7, 11) is 0. The molecule has 152 valence electrons. The molecular weight excluding hydrogens is 400 g/mol. The van der Waals surface area contributed by atoms with Crippen LogP contribution in [0.3, 0.4) is 0 Å². The predicted molar refractivity (Wildman–Crippen MR) is 114 cm³/mol. The Morgan fingerprint density at radius 3 is 2.61 bits per heavy atom. The molecule has 0 N–H and O–H groups in total. The lowest BCUT2D eigenvalue weighted by Crippen LogP contribution is -2.02. The molecule has 8 nitrogen and oxygen atoms in total. The number of hydrogen-bond donors (Lipinski definition) is 0. The summed E-state index contributed by atoms with van der Waals surface area (Å²) in [6.07, 6.45) is 1.39. The molecule has 0 atom stereocenters. The quantitative estimate of drug-likeness (QED) is 0.205. The fraction of sp³-hybridized carbons (Fsp3) is 0.0435. The molecule has 5 rings (SSSR count). The third-order valence-electron chi connectivity index (χ3n) is 4.87. The van der Waals surface area contributed by atoms with Gasteiger partial charge in [-0.1, -0.05) is 30.3 Å². The lowest BCUT2D eigenvalue weighted by atomic mass is 10.1. The predicted octanol–water partition coefficient (Wildman–Crippen LogP) is 4.85. The fourth-order valence-corrected chi connectivity index (χ4v) is 3.37. The summed E-state index contributed by atoms with van der Waals surface area (Å²) in [6.45, 7) is 0.0173. The Labute approximate surface area is 175 Å². The Morgan fingerprint density at radius 2 is 1.77 bits per heavy atom. The lowest BCUT2D eigenvalue weighted by molar-refractivity contribution is -0.385. The van der Waals surface area contributed by atoms with Crippen LogP contribution in [0, 0.1) is 10.1 Å². The van der Waals surface area contributed by atoms with Crippen LogP contribution >= 0.6 is 0 Å². The zero-order valence-corrected chi connectivity index (χ0v) is 16.0. The van der Waals surface area contributed by atoms with Crippen molar-refractivity contribution in [3.8, 4) is 22.6 Å². The van der Waals surface area contributed by atoms with Crippen molar-refractivity contribution in [3.05, 3.63) is 92.8 Å². The second-order valence-electron chi connectivity index (χ2n) is 6.82. The van der Waals surface area contributed by atoms with Crippen LogP contribution < -0.4 is 15.1 Å². The van der Waals surface area contributed by atoms with Crippen molar-refractivity contribution in [3.63, 3.8) is 0 Å². The molecule has 0 radical (unpaired) electrons. The zero-order chi connectivity index (χ0) is 21.4. The second kappa shape index (κ2) is 7.42. The molecular formula is C23H14N2O6. The van der Waals surface area contributed by atoms with E-state index in [1.807, 2.05) is 12.1 Å². The minimum absolute atomic E-state index is 0.0173. The Morgan fingerprint density at radius 1 is 0.968 bits per heavy atom. The lowest BCUT2D eigenvalue weighted by Gasteiger charge is -2.04. The van der Waals surface area contributed by atoms with Gasteiger partial charge in [0.05, 0.1) is 27.8 Å². The van der Waals surface area contributed by atoms with E-state index in [9.17, 15) is 14.9 Å². The van der Waals surface area contributed by atoms with E-state index in [1.54, 1.807) is 42.5 Å². The molecule has 0 spiro atoms. The number of benzene rings is 3. The monoisotopic (exact) mass is 414 g/mol. The number of ether oxygens (including phenoxy) is 2. The van der Waals surface area contributed by atoms with Gasteiger partial charge in [-0.3, -0.25) is 15.1 Å². The van der Waals surface area contributed by atoms with Crippen LogP contribution in [-0.2, 0) is 0 Å². The highest BCUT2D eigenvalue weighted by molar-refractivity contribution is 5.89. The van der Waals surface area contributed by atoms with Crippen molar-refractivity contribution in [1.82, 2.24) is 0 Å². The van der Waals surface area contributed by atoms with Gasteiger partial charge in [0.25, 0.3) is 5.69 Å². The van der Waals surface area contributed by atoms with Crippen LogP contribution in [-0.4, -0.2) is 17.9 Å². The van der Waals surface area contributed by atoms with Gasteiger partial charge in [-0.05, 0) is 35.9 Å². The molecule has 4 aromatic rings. The smallest absolute Gasteiger partial charge is 0.344 e. The van der Waals surface area contributed by atoms with Crippen molar-refractivity contribution in [1.29, 1.82) is 0 Å². The van der Waals surface area contributed by atoms with E-state index in [2.05, 4.69) is 4.99 Å². The molecule has 3 aromatic carbocycles. The molecule has 0 unspecified atom stereocenters. The molecule has 2 heterocycles. The van der Waals surface area contributed by atoms with Gasteiger partial charge in [0.1, 0.15) is 5.58 Å². The van der Waals surface area contributed by atoms with Crippen molar-refractivity contribution >= 4 is 28.6 Å². The highest BCUT2D eigenvalue weighted by Gasteiger charge is 2.22. The number of rotatable bonds is 4. The normalized spacial score (nSPS) is 12.5. The summed E-state index contributed by atoms with van der Waals surface area (Å²) >= 11 is 0. The van der Waals surface area contributed by atoms with Crippen molar-refractivity contribution in [2.45, 2.75) is 0 Å². The van der Waals surface area contributed by atoms with Crippen LogP contribution in [0.25, 0.3) is 22.1 Å². The van der Waals surface area contributed by atoms with Crippen LogP contribution in [0.2, 0.25) is 0 Å². The molecule has 1 aromatic heterocycles. The second-order valence-corrected chi connectivity index (χ2v) is 6.82. The SMILES string of the molecule is O=c1oc2ccccc2cc1-c1cccc(N=Cc2cc3c(cc2[N+](=O)[O-])OCO3)c1. The number of para-hydroxylation sites is 1. The number of hydrogen-bond acceptors (Lipinski definition) is 7. The van der Waals surface area contributed by atoms with E-state index in [4.69, 9.17) is 13.9 Å². The fourth-order valence-electron chi connectivity index (χ4n) is 3.37. The zero-order valence-electron chi connectivity index (χ0n) is 16.0. The van der Waals surface area contributed by atoms with E-state index in [0.717, 1.165) is 5.39 Å². The molecule has 0 aliphatic carbocycles. The number of nitrogens with zero attached hydrogens (tertiary/aromatic N) is 2. The van der Waals surface area contributed by atoms with E-state index in [-0.39, 0.29) is 18.0 Å². The van der Waals surface area contributed by atoms with Gasteiger partial charge in [-0.15, -0.1) is 0 Å². The molecule has 0 amide bonds. The van der Waals surface area contributed by atoms with E-state index < -0.39 is 10.5 Å². The number of fused-ring (bicyclic) bond motifs is 2. The molecule has 1 aliphatic heterocycles. The first-order chi connectivity index (χ1) is 15.1. The van der Waals surface area contributed by atoms with E-state index in [1.165, 1.54) is 18.3 Å². The molecule has 0 bridgehead atoms. The summed E-state index contributed by atoms with van der Waals surface area (Å²) < 4.78 is 15.9. The van der Waals surface area contributed by atoms with Crippen molar-refractivity contribution < 1.29 is 18.8 Å². The maximum atomic E-state index is 12.4. The number of nitro groups is 1. The Balaban J connectivity index is 1.52. The number of aliphatic imine (C=N–C) groups is 1. The minimum atomic E-state index is -0.500. The average molecular weight is 414 g/mol. The summed E-state index contributed by atoms with van der Waals surface area (Å²) in [5, 5.41) is 12.2. The van der Waals surface area contributed by atoms with Gasteiger partial charge >= 0.3 is 5.63 Å². The highest BCUT2D eigenvalue weighted by atomic mass is 16.7. The molecule has 0 saturated carbocycles. The first-order valence-corrected chi connectivity index (χ1v) is 9.34. The summed E-state index contributed by atoms with van der Waals surface area (Å²) in [5.74, 6) is 0.753. The highest BCUT2D eigenvalue weighted by Crippen LogP contribution is 2.37. The van der Waals surface area contributed by atoms with Gasteiger partial charge < -0.3 is 13.9 Å². The molecule has 0 fully saturated rings. The average Bonchev–Trinajstić information content (AvgIpc) is 3.24. The topological polar surface area (TPSA) is 104 Å². The summed E-state index contributed by atoms with van der Waals surface area (Å²) in [5.41, 5.74) is 1.77. The van der Waals surface area contributed by atoms with Crippen LogP contribution in [0.1, 0.15) is 5.56 Å². The standard InChI is InChI=1S/C23H14N2O6/c26-23-18(9-15-4-1-2-7-20(15)31-23)14-5-3-6-17(8-14)24-12-16-10-21-22(30-13-29-21)11-19(16)25(27)28/h1-12H,13H2. The maximum Gasteiger partial charge on any atom is 0.344 e. The van der Waals surface area contributed by atoms with E-state index >= 15 is 0 Å². The third kappa shape index (κ3) is 3.51. The van der Waals surface area contributed by atoms with Crippen LogP contribution in [0.4, 0.5) is 11.4 Å². The number of nitro benzene ring substituents is 1. The Kier molecular flexibility index (Phi) is 4.44. The minimum Gasteiger partial charge on any atom is -0.454 e. The molecule has 8 heteroatoms. The third-order valence-corrected chi connectivity index (χ3v) is 4.87. The van der Waals surface area contributed by atoms with Gasteiger partial charge in [0.15, 0.2) is 11.5 Å². The summed E-state index contributed by atoms with van der Waals surface area (Å²) in [4.78, 5) is 27.7. The van der Waals surface area contributed by atoms with Crippen LogP contribution in [0.5, 0.6) is 11.5 Å². The first-order valence-electron chi connectivity index (χ1n) is 9.34. The van der Waals surface area contributed by atoms with Gasteiger partial charge in [0, 0.05) is 11.6 Å². The van der Waals surface area contributed by atoms with Gasteiger partial charge in [0.2, 0.25) is 6.79 Å². The van der Waals surface area contributed by atoms with E-state index in [0.29, 0.717) is 33.9 Å². The Bertz CT molecular complexity index is 1420.